The first kappa shape index (κ1) is 15.7. The maximum absolute atomic E-state index is 8.42. The summed E-state index contributed by atoms with van der Waals surface area (Å²) in [6.07, 6.45) is 0. The van der Waals surface area contributed by atoms with Crippen LogP contribution in [0.5, 0.6) is 0 Å². The summed E-state index contributed by atoms with van der Waals surface area (Å²) in [7, 11) is 0. The van der Waals surface area contributed by atoms with Gasteiger partial charge in [-0.05, 0) is 0 Å². The second-order valence-corrected chi connectivity index (χ2v) is 0. The topological polar surface area (TPSA) is 17.1 Å². The van der Waals surface area contributed by atoms with E-state index in [0.717, 1.165) is 0 Å². The summed E-state index contributed by atoms with van der Waals surface area (Å²) < 4.78 is 8.42. The molecule has 0 fully saturated rings. The molecule has 0 unspecified atom stereocenters. The van der Waals surface area contributed by atoms with E-state index < -0.39 is 0 Å². The molecule has 0 rings (SSSR count). The van der Waals surface area contributed by atoms with Crippen LogP contribution in [0.25, 0.3) is 0 Å². The largest absolute Gasteiger partial charge is 2.00 e. The minimum Gasteiger partial charge on any atom is 2.00 e. The standard InChI is InChI=1S/Bi.O.Sr.Tl.5H/q;;+2;;;;;2*-1. The van der Waals surface area contributed by atoms with Crippen molar-refractivity contribution in [2.45, 2.75) is 0 Å². The molecule has 0 atom stereocenters. The Morgan fingerprint density at radius 2 is 1.50 bits per heavy atom. The van der Waals surface area contributed by atoms with Gasteiger partial charge in [0.2, 0.25) is 0 Å². The Balaban J connectivity index is -0.000000000833. The smallest absolute Gasteiger partial charge is 2.00 e. The quantitative estimate of drug-likeness (QED) is 0.343. The van der Waals surface area contributed by atoms with Crippen molar-refractivity contribution < 1.29 is 5.54 Å². The second-order valence-electron chi connectivity index (χ2n) is 0. The molecule has 0 aromatic heterocycles. The summed E-state index contributed by atoms with van der Waals surface area (Å²) in [6.45, 7) is 0. The molecule has 0 spiro atoms. The van der Waals surface area contributed by atoms with Crippen molar-refractivity contribution >= 4 is 97.5 Å². The normalized spacial score (nSPS) is 1.50. The summed E-state index contributed by atoms with van der Waals surface area (Å²) in [5.74, 6) is 0. The molecule has 0 aromatic carbocycles. The molecule has 4 heavy (non-hydrogen) atoms. The fourth-order valence-corrected chi connectivity index (χ4v) is 0. The molecule has 1 nitrogen and oxygen atoms in total. The molecular weight excluding hydrogens is 517 g/mol. The zero-order chi connectivity index (χ0) is 2.00. The van der Waals surface area contributed by atoms with Crippen molar-refractivity contribution in [2.75, 3.05) is 0 Å². The molecule has 0 radical (unpaired) electrons. The van der Waals surface area contributed by atoms with Gasteiger partial charge in [0.05, 0.1) is 0 Å². The minimum atomic E-state index is -0.0833. The van der Waals surface area contributed by atoms with Crippen molar-refractivity contribution in [3.63, 3.8) is 0 Å². The molecule has 0 heterocycles. The van der Waals surface area contributed by atoms with Gasteiger partial charge in [0.15, 0.2) is 0 Å². The van der Waals surface area contributed by atoms with Crippen LogP contribution in [0, 0.1) is 0 Å². The third-order valence-corrected chi connectivity index (χ3v) is 0. The summed E-state index contributed by atoms with van der Waals surface area (Å²) in [5, 5.41) is 0. The van der Waals surface area contributed by atoms with Crippen LogP contribution in [0.15, 0.2) is 0 Å². The van der Waals surface area contributed by atoms with Crippen LogP contribution in [0.4, 0.5) is 0 Å². The molecule has 0 aromatic rings. The molecule has 0 N–H and O–H groups in total. The van der Waals surface area contributed by atoms with Crippen LogP contribution in [0.2, 0.25) is 0 Å². The molecule has 21 valence electrons. The van der Waals surface area contributed by atoms with E-state index in [-0.39, 0.29) is 100 Å². The van der Waals surface area contributed by atoms with Crippen LogP contribution in [-0.4, -0.2) is 97.5 Å². The van der Waals surface area contributed by atoms with Gasteiger partial charge >= 0.3 is 100 Å². The predicted octanol–water partition coefficient (Wildman–Crippen LogP) is -1.84. The van der Waals surface area contributed by atoms with Crippen LogP contribution >= 0.6 is 0 Å². The Morgan fingerprint density at radius 3 is 1.50 bits per heavy atom. The van der Waals surface area contributed by atoms with Gasteiger partial charge < -0.3 is 2.85 Å². The fourth-order valence-electron chi connectivity index (χ4n) is 0. The van der Waals surface area contributed by atoms with E-state index >= 15 is 0 Å². The van der Waals surface area contributed by atoms with E-state index in [1.54, 1.807) is 0 Å². The second kappa shape index (κ2) is 16.5. The molecule has 4 heteroatoms. The van der Waals surface area contributed by atoms with Crippen molar-refractivity contribution in [3.05, 3.63) is 0 Å². The summed E-state index contributed by atoms with van der Waals surface area (Å²) in [6, 6.07) is 0. The van der Waals surface area contributed by atoms with E-state index in [4.69, 9.17) is 2.69 Å². The Kier molecular flexibility index (Phi) is 65.0. The summed E-state index contributed by atoms with van der Waals surface area (Å²) >= 11 is -0.0833. The number of hydrogen-bond acceptors (Lipinski definition) is 1. The van der Waals surface area contributed by atoms with Gasteiger partial charge in [-0.15, -0.1) is 0 Å². The fraction of sp³-hybridized carbons (Fsp3) is 0. The molecule has 0 saturated heterocycles. The monoisotopic (exact) mass is 523 g/mol. The third kappa shape index (κ3) is 8.92. The zero-order valence-electron chi connectivity index (χ0n) is 4.40. The van der Waals surface area contributed by atoms with E-state index in [1.165, 1.54) is 0 Å². The Labute approximate surface area is 100 Å². The first-order valence-corrected chi connectivity index (χ1v) is 2.07. The SMILES string of the molecule is [BiH3].[H-].[H-].[O]=[Tl].[Sr+2]. The summed E-state index contributed by atoms with van der Waals surface area (Å²) in [5.41, 5.74) is 0. The van der Waals surface area contributed by atoms with Crippen molar-refractivity contribution in [1.29, 1.82) is 0 Å². The molecule has 0 aliphatic carbocycles. The minimum absolute atomic E-state index is 0. The molecule has 0 bridgehead atoms. The van der Waals surface area contributed by atoms with Crippen LogP contribution < -0.4 is 0 Å². The van der Waals surface area contributed by atoms with Gasteiger partial charge in [-0.3, -0.25) is 0 Å². The van der Waals surface area contributed by atoms with Gasteiger partial charge in [-0.2, -0.15) is 0 Å². The number of hydrogen-bond donors (Lipinski definition) is 0. The van der Waals surface area contributed by atoms with Gasteiger partial charge in [0.25, 0.3) is 0 Å². The van der Waals surface area contributed by atoms with E-state index in [1.807, 2.05) is 0 Å². The maximum Gasteiger partial charge on any atom is 2.00 e. The van der Waals surface area contributed by atoms with E-state index in [9.17, 15) is 0 Å². The van der Waals surface area contributed by atoms with E-state index in [2.05, 4.69) is 0 Å². The molecular formula is H5BiOSrTl. The van der Waals surface area contributed by atoms with Crippen LogP contribution in [0.1, 0.15) is 2.85 Å². The van der Waals surface area contributed by atoms with Crippen LogP contribution in [-0.2, 0) is 2.69 Å². The van der Waals surface area contributed by atoms with Gasteiger partial charge in [-0.25, -0.2) is 0 Å². The maximum atomic E-state index is 8.42. The predicted molar refractivity (Wildman–Crippen MR) is 24.4 cm³/mol. The van der Waals surface area contributed by atoms with Crippen molar-refractivity contribution in [3.8, 4) is 0 Å². The van der Waals surface area contributed by atoms with Gasteiger partial charge in [0.1, 0.15) is 0 Å². The summed E-state index contributed by atoms with van der Waals surface area (Å²) in [4.78, 5) is 0. The average Bonchev–Trinajstić information content (AvgIpc) is 1.00. The third-order valence-electron chi connectivity index (χ3n) is 0. The van der Waals surface area contributed by atoms with Gasteiger partial charge in [-0.1, -0.05) is 0 Å². The average molecular weight is 522 g/mol. The van der Waals surface area contributed by atoms with Crippen molar-refractivity contribution in [1.82, 2.24) is 0 Å². The zero-order valence-corrected chi connectivity index (χ0v) is 15.9. The molecule has 0 aliphatic rings. The molecule has 0 aliphatic heterocycles. The number of rotatable bonds is 0. The first-order chi connectivity index (χ1) is 1.00. The van der Waals surface area contributed by atoms with Crippen molar-refractivity contribution in [2.24, 2.45) is 0 Å². The molecule has 0 saturated carbocycles. The Morgan fingerprint density at radius 1 is 1.50 bits per heavy atom. The Bertz CT molecular complexity index is 13.5. The molecule has 0 amide bonds. The van der Waals surface area contributed by atoms with Gasteiger partial charge in [0, 0.05) is 0 Å². The van der Waals surface area contributed by atoms with E-state index in [0.29, 0.717) is 0 Å². The Hall–Kier alpha value is 3.09. The van der Waals surface area contributed by atoms with Crippen LogP contribution in [0.3, 0.4) is 0 Å². The first-order valence-electron chi connectivity index (χ1n) is 0.236.